The first-order chi connectivity index (χ1) is 12.2. The fourth-order valence-corrected chi connectivity index (χ4v) is 3.14. The van der Waals surface area contributed by atoms with E-state index in [0.29, 0.717) is 23.3 Å². The van der Waals surface area contributed by atoms with E-state index >= 15 is 0 Å². The standard InChI is InChI=1S/C17H21N5O2S/c1-12(16-19-15(7-10-25-2)20-22(16)8-9-23)21-11-18-14-6-4-3-5-13(14)17(21)24/h3-6,11-12,23H,7-10H2,1-2H3/t12-/m0/s1. The molecule has 3 aromatic rings. The van der Waals surface area contributed by atoms with Gasteiger partial charge in [-0.05, 0) is 25.3 Å². The number of rotatable bonds is 7. The molecule has 132 valence electrons. The van der Waals surface area contributed by atoms with E-state index in [0.717, 1.165) is 18.0 Å². The fourth-order valence-electron chi connectivity index (χ4n) is 2.75. The Morgan fingerprint density at radius 1 is 1.32 bits per heavy atom. The van der Waals surface area contributed by atoms with Gasteiger partial charge in [-0.2, -0.15) is 16.9 Å². The van der Waals surface area contributed by atoms with Gasteiger partial charge in [0.2, 0.25) is 0 Å². The lowest BCUT2D eigenvalue weighted by molar-refractivity contribution is 0.264. The predicted molar refractivity (Wildman–Crippen MR) is 99.0 cm³/mol. The van der Waals surface area contributed by atoms with Crippen molar-refractivity contribution in [3.63, 3.8) is 0 Å². The van der Waals surface area contributed by atoms with E-state index in [2.05, 4.69) is 15.1 Å². The Morgan fingerprint density at radius 3 is 2.88 bits per heavy atom. The minimum atomic E-state index is -0.327. The highest BCUT2D eigenvalue weighted by atomic mass is 32.2. The van der Waals surface area contributed by atoms with Crippen molar-refractivity contribution in [2.75, 3.05) is 18.6 Å². The van der Waals surface area contributed by atoms with Crippen molar-refractivity contribution in [2.24, 2.45) is 0 Å². The molecule has 0 spiro atoms. The third-order valence-corrected chi connectivity index (χ3v) is 4.68. The van der Waals surface area contributed by atoms with Crippen LogP contribution in [0.1, 0.15) is 24.6 Å². The number of para-hydroxylation sites is 1. The van der Waals surface area contributed by atoms with Gasteiger partial charge in [-0.25, -0.2) is 14.6 Å². The van der Waals surface area contributed by atoms with Crippen LogP contribution >= 0.6 is 11.8 Å². The summed E-state index contributed by atoms with van der Waals surface area (Å²) >= 11 is 1.73. The smallest absolute Gasteiger partial charge is 0.261 e. The van der Waals surface area contributed by atoms with Crippen LogP contribution in [0.3, 0.4) is 0 Å². The molecular weight excluding hydrogens is 338 g/mol. The number of fused-ring (bicyclic) bond motifs is 1. The van der Waals surface area contributed by atoms with Crippen molar-refractivity contribution >= 4 is 22.7 Å². The third-order valence-electron chi connectivity index (χ3n) is 4.07. The number of hydrogen-bond acceptors (Lipinski definition) is 6. The van der Waals surface area contributed by atoms with Gasteiger partial charge in [0, 0.05) is 12.2 Å². The van der Waals surface area contributed by atoms with Gasteiger partial charge in [-0.1, -0.05) is 12.1 Å². The number of benzene rings is 1. The number of thioether (sulfide) groups is 1. The van der Waals surface area contributed by atoms with Gasteiger partial charge in [-0.3, -0.25) is 9.36 Å². The molecular formula is C17H21N5O2S. The Bertz CT molecular complexity index is 921. The van der Waals surface area contributed by atoms with Gasteiger partial charge in [-0.15, -0.1) is 0 Å². The Kier molecular flexibility index (Phi) is 5.50. The molecule has 8 heteroatoms. The van der Waals surface area contributed by atoms with E-state index in [-0.39, 0.29) is 18.2 Å². The van der Waals surface area contributed by atoms with E-state index in [1.165, 1.54) is 0 Å². The average Bonchev–Trinajstić information content (AvgIpc) is 3.03. The van der Waals surface area contributed by atoms with E-state index < -0.39 is 0 Å². The number of nitrogens with zero attached hydrogens (tertiary/aromatic N) is 5. The maximum atomic E-state index is 12.8. The van der Waals surface area contributed by atoms with Crippen LogP contribution in [0.15, 0.2) is 35.4 Å². The number of aliphatic hydroxyl groups is 1. The Balaban J connectivity index is 2.02. The summed E-state index contributed by atoms with van der Waals surface area (Å²) in [5, 5.41) is 14.4. The largest absolute Gasteiger partial charge is 0.394 e. The Labute approximate surface area is 149 Å². The average molecular weight is 359 g/mol. The summed E-state index contributed by atoms with van der Waals surface area (Å²) in [5.41, 5.74) is 0.566. The van der Waals surface area contributed by atoms with Gasteiger partial charge in [0.25, 0.3) is 5.56 Å². The first-order valence-corrected chi connectivity index (χ1v) is 9.54. The topological polar surface area (TPSA) is 85.8 Å². The summed E-state index contributed by atoms with van der Waals surface area (Å²) in [7, 11) is 0. The van der Waals surface area contributed by atoms with Gasteiger partial charge in [0.05, 0.1) is 36.4 Å². The van der Waals surface area contributed by atoms with Crippen LogP contribution in [-0.2, 0) is 13.0 Å². The molecule has 0 saturated heterocycles. The molecule has 7 nitrogen and oxygen atoms in total. The SMILES string of the molecule is CSCCc1nc([C@H](C)n2cnc3ccccc3c2=O)n(CCO)n1. The van der Waals surface area contributed by atoms with Crippen LogP contribution in [0, 0.1) is 0 Å². The summed E-state index contributed by atoms with van der Waals surface area (Å²) in [6.07, 6.45) is 4.34. The maximum Gasteiger partial charge on any atom is 0.261 e. The van der Waals surface area contributed by atoms with Gasteiger partial charge in [0.15, 0.2) is 5.82 Å². The molecule has 0 unspecified atom stereocenters. The fraction of sp³-hybridized carbons (Fsp3) is 0.412. The number of hydrogen-bond donors (Lipinski definition) is 1. The van der Waals surface area contributed by atoms with Crippen LogP contribution in [0.5, 0.6) is 0 Å². The molecule has 2 heterocycles. The first-order valence-electron chi connectivity index (χ1n) is 8.15. The van der Waals surface area contributed by atoms with Crippen molar-refractivity contribution in [3.8, 4) is 0 Å². The summed E-state index contributed by atoms with van der Waals surface area (Å²) in [4.78, 5) is 21.8. The third kappa shape index (κ3) is 3.59. The summed E-state index contributed by atoms with van der Waals surface area (Å²) < 4.78 is 3.25. The zero-order valence-electron chi connectivity index (χ0n) is 14.3. The molecule has 0 bridgehead atoms. The number of aromatic nitrogens is 5. The van der Waals surface area contributed by atoms with Gasteiger partial charge < -0.3 is 5.11 Å². The molecule has 1 N–H and O–H groups in total. The zero-order chi connectivity index (χ0) is 17.8. The molecule has 0 fully saturated rings. The van der Waals surface area contributed by atoms with Crippen LogP contribution < -0.4 is 5.56 Å². The van der Waals surface area contributed by atoms with Crippen molar-refractivity contribution in [3.05, 3.63) is 52.6 Å². The predicted octanol–water partition coefficient (Wildman–Crippen LogP) is 1.50. The van der Waals surface area contributed by atoms with Crippen molar-refractivity contribution in [1.29, 1.82) is 0 Å². The Morgan fingerprint density at radius 2 is 2.12 bits per heavy atom. The van der Waals surface area contributed by atoms with Crippen LogP contribution in [0.2, 0.25) is 0 Å². The second-order valence-electron chi connectivity index (χ2n) is 5.73. The maximum absolute atomic E-state index is 12.8. The molecule has 3 rings (SSSR count). The van der Waals surface area contributed by atoms with Crippen molar-refractivity contribution in [1.82, 2.24) is 24.3 Å². The molecule has 0 radical (unpaired) electrons. The molecule has 1 atom stereocenters. The lowest BCUT2D eigenvalue weighted by atomic mass is 10.2. The second-order valence-corrected chi connectivity index (χ2v) is 6.71. The molecule has 0 aliphatic rings. The van der Waals surface area contributed by atoms with E-state index in [4.69, 9.17) is 0 Å². The Hall–Kier alpha value is -2.19. The summed E-state index contributed by atoms with van der Waals surface area (Å²) in [6.45, 7) is 2.21. The van der Waals surface area contributed by atoms with E-state index in [1.807, 2.05) is 31.4 Å². The minimum absolute atomic E-state index is 0.0318. The molecule has 0 amide bonds. The van der Waals surface area contributed by atoms with Gasteiger partial charge >= 0.3 is 0 Å². The van der Waals surface area contributed by atoms with Crippen LogP contribution in [-0.4, -0.2) is 48.0 Å². The highest BCUT2D eigenvalue weighted by molar-refractivity contribution is 7.98. The van der Waals surface area contributed by atoms with Crippen LogP contribution in [0.25, 0.3) is 10.9 Å². The molecule has 0 aliphatic heterocycles. The lowest BCUT2D eigenvalue weighted by Crippen LogP contribution is -2.26. The van der Waals surface area contributed by atoms with Gasteiger partial charge in [0.1, 0.15) is 5.82 Å². The highest BCUT2D eigenvalue weighted by Gasteiger charge is 2.19. The zero-order valence-corrected chi connectivity index (χ0v) is 15.1. The van der Waals surface area contributed by atoms with Crippen LogP contribution in [0.4, 0.5) is 0 Å². The number of aliphatic hydroxyl groups excluding tert-OH is 1. The highest BCUT2D eigenvalue weighted by Crippen LogP contribution is 2.16. The van der Waals surface area contributed by atoms with E-state index in [9.17, 15) is 9.90 Å². The minimum Gasteiger partial charge on any atom is -0.394 e. The van der Waals surface area contributed by atoms with Crippen molar-refractivity contribution in [2.45, 2.75) is 25.9 Å². The summed E-state index contributed by atoms with van der Waals surface area (Å²) in [5.74, 6) is 2.31. The molecule has 0 aliphatic carbocycles. The number of aryl methyl sites for hydroxylation is 1. The molecule has 0 saturated carbocycles. The monoisotopic (exact) mass is 359 g/mol. The summed E-state index contributed by atoms with van der Waals surface area (Å²) in [6, 6.07) is 6.95. The second kappa shape index (κ2) is 7.79. The molecule has 25 heavy (non-hydrogen) atoms. The quantitative estimate of drug-likeness (QED) is 0.688. The molecule has 1 aromatic carbocycles. The van der Waals surface area contributed by atoms with Crippen molar-refractivity contribution < 1.29 is 5.11 Å². The normalized spacial score (nSPS) is 12.6. The lowest BCUT2D eigenvalue weighted by Gasteiger charge is -2.15. The first kappa shape index (κ1) is 17.6. The van der Waals surface area contributed by atoms with E-state index in [1.54, 1.807) is 33.4 Å². The molecule has 2 aromatic heterocycles.